The first kappa shape index (κ1) is 24.4. The van der Waals surface area contributed by atoms with E-state index < -0.39 is 0 Å². The van der Waals surface area contributed by atoms with Gasteiger partial charge in [0.1, 0.15) is 5.82 Å². The predicted molar refractivity (Wildman–Crippen MR) is 139 cm³/mol. The van der Waals surface area contributed by atoms with Gasteiger partial charge >= 0.3 is 0 Å². The van der Waals surface area contributed by atoms with Crippen LogP contribution in [0.3, 0.4) is 0 Å². The molecule has 6 nitrogen and oxygen atoms in total. The van der Waals surface area contributed by atoms with Gasteiger partial charge in [-0.25, -0.2) is 4.39 Å². The third-order valence-electron chi connectivity index (χ3n) is 5.76. The molecule has 0 atom stereocenters. The first-order chi connectivity index (χ1) is 15.2. The summed E-state index contributed by atoms with van der Waals surface area (Å²) in [6, 6.07) is 11.4. The highest BCUT2D eigenvalue weighted by atomic mass is 127. The lowest BCUT2D eigenvalue weighted by atomic mass is 10.0. The molecule has 3 aromatic rings. The number of rotatable bonds is 7. The van der Waals surface area contributed by atoms with Gasteiger partial charge in [-0.1, -0.05) is 6.07 Å². The summed E-state index contributed by atoms with van der Waals surface area (Å²) in [5.74, 6) is 0.651. The summed E-state index contributed by atoms with van der Waals surface area (Å²) in [6.45, 7) is 6.56. The van der Waals surface area contributed by atoms with Crippen LogP contribution >= 0.6 is 24.0 Å². The molecule has 32 heavy (non-hydrogen) atoms. The molecule has 172 valence electrons. The first-order valence-electron chi connectivity index (χ1n) is 11.1. The fourth-order valence-electron chi connectivity index (χ4n) is 4.12. The number of hydrogen-bond acceptors (Lipinski definition) is 3. The van der Waals surface area contributed by atoms with E-state index in [-0.39, 0.29) is 29.8 Å². The SMILES string of the molecule is CCNC(=NCCc1c[nH]c2ccc(F)cc12)NC1CCN(Cc2ccccn2)CC1.I. The number of aromatic nitrogens is 2. The molecule has 1 aromatic carbocycles. The number of H-pyrrole nitrogens is 1. The van der Waals surface area contributed by atoms with Gasteiger partial charge in [-0.2, -0.15) is 0 Å². The summed E-state index contributed by atoms with van der Waals surface area (Å²) in [6.07, 6.45) is 6.74. The minimum atomic E-state index is -0.207. The number of halogens is 2. The zero-order valence-corrected chi connectivity index (χ0v) is 20.8. The molecule has 1 aliphatic heterocycles. The van der Waals surface area contributed by atoms with Crippen LogP contribution in [0.5, 0.6) is 0 Å². The normalized spacial score (nSPS) is 15.5. The standard InChI is InChI=1S/C24H31FN6.HI/c1-2-26-24(28-12-8-18-16-29-23-7-6-19(25)15-22(18)23)30-20-9-13-31(14-10-20)17-21-5-3-4-11-27-21;/h3-7,11,15-16,20,29H,2,8-10,12-14,17H2,1H3,(H2,26,28,30);1H. The summed E-state index contributed by atoms with van der Waals surface area (Å²) in [5.41, 5.74) is 3.18. The molecule has 0 saturated carbocycles. The number of nitrogens with zero attached hydrogens (tertiary/aromatic N) is 3. The van der Waals surface area contributed by atoms with Crippen LogP contribution in [0.25, 0.3) is 10.9 Å². The predicted octanol–water partition coefficient (Wildman–Crippen LogP) is 4.08. The molecule has 0 spiro atoms. The van der Waals surface area contributed by atoms with E-state index in [9.17, 15) is 4.39 Å². The quantitative estimate of drug-likeness (QED) is 0.236. The number of hydrogen-bond donors (Lipinski definition) is 3. The van der Waals surface area contributed by atoms with Crippen molar-refractivity contribution in [2.24, 2.45) is 4.99 Å². The van der Waals surface area contributed by atoms with E-state index in [1.54, 1.807) is 12.1 Å². The van der Waals surface area contributed by atoms with Crippen LogP contribution < -0.4 is 10.6 Å². The maximum absolute atomic E-state index is 13.6. The van der Waals surface area contributed by atoms with E-state index in [0.717, 1.165) is 73.6 Å². The number of benzene rings is 1. The highest BCUT2D eigenvalue weighted by Crippen LogP contribution is 2.20. The number of pyridine rings is 1. The minimum absolute atomic E-state index is 0. The largest absolute Gasteiger partial charge is 0.361 e. The zero-order chi connectivity index (χ0) is 21.5. The van der Waals surface area contributed by atoms with Gasteiger partial charge in [0.05, 0.1) is 5.69 Å². The summed E-state index contributed by atoms with van der Waals surface area (Å²) >= 11 is 0. The molecular weight excluding hydrogens is 518 g/mol. The molecule has 1 aliphatic rings. The maximum Gasteiger partial charge on any atom is 0.191 e. The molecule has 3 heterocycles. The average molecular weight is 550 g/mol. The van der Waals surface area contributed by atoms with Crippen LogP contribution in [0.4, 0.5) is 4.39 Å². The van der Waals surface area contributed by atoms with Gasteiger partial charge in [-0.15, -0.1) is 24.0 Å². The van der Waals surface area contributed by atoms with Crippen LogP contribution in [0.15, 0.2) is 53.8 Å². The van der Waals surface area contributed by atoms with Gasteiger partial charge in [-0.05, 0) is 62.1 Å². The Bertz CT molecular complexity index is 998. The number of fused-ring (bicyclic) bond motifs is 1. The smallest absolute Gasteiger partial charge is 0.191 e. The maximum atomic E-state index is 13.6. The fraction of sp³-hybridized carbons (Fsp3) is 0.417. The fourth-order valence-corrected chi connectivity index (χ4v) is 4.12. The van der Waals surface area contributed by atoms with Gasteiger partial charge in [0.2, 0.25) is 0 Å². The van der Waals surface area contributed by atoms with Crippen molar-refractivity contribution in [3.63, 3.8) is 0 Å². The van der Waals surface area contributed by atoms with Gasteiger partial charge in [0.15, 0.2) is 5.96 Å². The Morgan fingerprint density at radius 2 is 2.09 bits per heavy atom. The lowest BCUT2D eigenvalue weighted by Crippen LogP contribution is -2.48. The monoisotopic (exact) mass is 550 g/mol. The van der Waals surface area contributed by atoms with Crippen molar-refractivity contribution in [3.8, 4) is 0 Å². The molecule has 0 aliphatic carbocycles. The van der Waals surface area contributed by atoms with Gasteiger partial charge in [0.25, 0.3) is 0 Å². The molecule has 3 N–H and O–H groups in total. The molecule has 0 amide bonds. The van der Waals surface area contributed by atoms with Gasteiger partial charge in [-0.3, -0.25) is 14.9 Å². The molecule has 8 heteroatoms. The van der Waals surface area contributed by atoms with Crippen LogP contribution in [-0.4, -0.2) is 53.0 Å². The second-order valence-electron chi connectivity index (χ2n) is 8.03. The van der Waals surface area contributed by atoms with E-state index in [1.165, 1.54) is 6.07 Å². The number of likely N-dealkylation sites (tertiary alicyclic amines) is 1. The molecule has 2 aromatic heterocycles. The Hall–Kier alpha value is -2.20. The van der Waals surface area contributed by atoms with Crippen molar-refractivity contribution in [1.29, 1.82) is 0 Å². The summed E-state index contributed by atoms with van der Waals surface area (Å²) in [7, 11) is 0. The topological polar surface area (TPSA) is 68.3 Å². The van der Waals surface area contributed by atoms with E-state index >= 15 is 0 Å². The van der Waals surface area contributed by atoms with Gasteiger partial charge < -0.3 is 15.6 Å². The van der Waals surface area contributed by atoms with Crippen LogP contribution in [0.1, 0.15) is 31.0 Å². The van der Waals surface area contributed by atoms with Crippen molar-refractivity contribution >= 4 is 40.8 Å². The number of aliphatic imine (C=N–C) groups is 1. The zero-order valence-electron chi connectivity index (χ0n) is 18.5. The molecule has 0 unspecified atom stereocenters. The van der Waals surface area contributed by atoms with Crippen LogP contribution in [0.2, 0.25) is 0 Å². The van der Waals surface area contributed by atoms with Crippen molar-refractivity contribution in [2.75, 3.05) is 26.2 Å². The summed E-state index contributed by atoms with van der Waals surface area (Å²) in [4.78, 5) is 14.9. The Balaban J connectivity index is 0.00000289. The van der Waals surface area contributed by atoms with E-state index in [4.69, 9.17) is 4.99 Å². The van der Waals surface area contributed by atoms with Crippen molar-refractivity contribution in [2.45, 2.75) is 38.8 Å². The van der Waals surface area contributed by atoms with Crippen molar-refractivity contribution in [1.82, 2.24) is 25.5 Å². The Labute approximate surface area is 206 Å². The molecule has 0 bridgehead atoms. The van der Waals surface area contributed by atoms with Gasteiger partial charge in [0, 0.05) is 62.1 Å². The molecule has 1 fully saturated rings. The minimum Gasteiger partial charge on any atom is -0.361 e. The average Bonchev–Trinajstić information content (AvgIpc) is 3.18. The third-order valence-corrected chi connectivity index (χ3v) is 5.76. The Morgan fingerprint density at radius 3 is 2.84 bits per heavy atom. The molecular formula is C24H32FIN6. The summed E-state index contributed by atoms with van der Waals surface area (Å²) < 4.78 is 13.6. The highest BCUT2D eigenvalue weighted by molar-refractivity contribution is 14.0. The van der Waals surface area contributed by atoms with E-state index in [0.29, 0.717) is 12.6 Å². The number of aromatic amines is 1. The number of nitrogens with one attached hydrogen (secondary N) is 3. The summed E-state index contributed by atoms with van der Waals surface area (Å²) in [5, 5.41) is 7.89. The van der Waals surface area contributed by atoms with E-state index in [2.05, 4.69) is 38.5 Å². The Morgan fingerprint density at radius 1 is 1.25 bits per heavy atom. The Kier molecular flexibility index (Phi) is 9.28. The van der Waals surface area contributed by atoms with Crippen LogP contribution in [0, 0.1) is 5.82 Å². The molecule has 4 rings (SSSR count). The lowest BCUT2D eigenvalue weighted by Gasteiger charge is -2.32. The highest BCUT2D eigenvalue weighted by Gasteiger charge is 2.20. The van der Waals surface area contributed by atoms with Crippen LogP contribution in [-0.2, 0) is 13.0 Å². The van der Waals surface area contributed by atoms with Crippen molar-refractivity contribution < 1.29 is 4.39 Å². The first-order valence-corrected chi connectivity index (χ1v) is 11.1. The second kappa shape index (κ2) is 12.2. The lowest BCUT2D eigenvalue weighted by molar-refractivity contribution is 0.196. The molecule has 0 radical (unpaired) electrons. The van der Waals surface area contributed by atoms with E-state index in [1.807, 2.05) is 24.5 Å². The van der Waals surface area contributed by atoms with Crippen molar-refractivity contribution in [3.05, 3.63) is 65.9 Å². The second-order valence-corrected chi connectivity index (χ2v) is 8.03. The number of guanidine groups is 1. The molecule has 1 saturated heterocycles. The number of piperidine rings is 1. The third kappa shape index (κ3) is 6.65.